The van der Waals surface area contributed by atoms with Crippen LogP contribution in [-0.4, -0.2) is 0 Å². The summed E-state index contributed by atoms with van der Waals surface area (Å²) in [5.41, 5.74) is -0.732. The van der Waals surface area contributed by atoms with Gasteiger partial charge in [-0.1, -0.05) is 0 Å². The average Bonchev–Trinajstić information content (AvgIpc) is 2.01. The zero-order valence-corrected chi connectivity index (χ0v) is 5.14. The molecule has 11 heavy (non-hydrogen) atoms. The smallest absolute Gasteiger partial charge is 0.196 e. The van der Waals surface area contributed by atoms with E-state index in [1.165, 1.54) is 0 Å². The van der Waals surface area contributed by atoms with E-state index in [1.807, 2.05) is 0 Å². The summed E-state index contributed by atoms with van der Waals surface area (Å²) in [5.74, 6) is -4.57. The number of nitrogens with zero attached hydrogens (tertiary/aromatic N) is 1. The van der Waals surface area contributed by atoms with Gasteiger partial charge in [0.25, 0.3) is 0 Å². The molecule has 0 aliphatic heterocycles. The van der Waals surface area contributed by atoms with E-state index in [9.17, 15) is 18.1 Å². The number of rotatable bonds is 1. The fourth-order valence-corrected chi connectivity index (χ4v) is 0.586. The van der Waals surface area contributed by atoms with Crippen LogP contribution in [0.5, 0.6) is 0 Å². The monoisotopic (exact) mass is 161 g/mol. The molecule has 0 aliphatic carbocycles. The minimum absolute atomic E-state index is 0.634. The third-order valence-corrected chi connectivity index (χ3v) is 1.11. The molecule has 0 amide bonds. The summed E-state index contributed by atoms with van der Waals surface area (Å²) in [6.45, 7) is 0. The molecule has 0 radical (unpaired) electrons. The molecule has 0 saturated carbocycles. The Balaban J connectivity index is 3.36. The number of nitroso groups, excluding NO2 is 1. The largest absolute Gasteiger partial charge is 0.204 e. The van der Waals surface area contributed by atoms with Gasteiger partial charge in [-0.3, -0.25) is 0 Å². The van der Waals surface area contributed by atoms with Crippen LogP contribution < -0.4 is 0 Å². The first-order valence-corrected chi connectivity index (χ1v) is 2.63. The zero-order chi connectivity index (χ0) is 8.43. The number of benzene rings is 1. The van der Waals surface area contributed by atoms with E-state index < -0.39 is 23.1 Å². The SMILES string of the molecule is O=Nc1ccc(F)c(F)c1F. The van der Waals surface area contributed by atoms with Gasteiger partial charge in [0.15, 0.2) is 17.5 Å². The van der Waals surface area contributed by atoms with Crippen LogP contribution in [0.2, 0.25) is 0 Å². The summed E-state index contributed by atoms with van der Waals surface area (Å²) in [6, 6.07) is 1.40. The molecule has 0 spiro atoms. The van der Waals surface area contributed by atoms with Crippen molar-refractivity contribution in [3.05, 3.63) is 34.5 Å². The maximum absolute atomic E-state index is 12.4. The summed E-state index contributed by atoms with van der Waals surface area (Å²) in [6.07, 6.45) is 0. The maximum atomic E-state index is 12.4. The quantitative estimate of drug-likeness (QED) is 0.459. The molecule has 0 aliphatic rings. The Morgan fingerprint density at radius 2 is 1.73 bits per heavy atom. The van der Waals surface area contributed by atoms with E-state index in [0.717, 1.165) is 6.07 Å². The predicted octanol–water partition coefficient (Wildman–Crippen LogP) is 2.50. The Morgan fingerprint density at radius 1 is 1.09 bits per heavy atom. The third-order valence-electron chi connectivity index (χ3n) is 1.11. The van der Waals surface area contributed by atoms with Crippen LogP contribution in [0.4, 0.5) is 18.9 Å². The van der Waals surface area contributed by atoms with Gasteiger partial charge in [-0.15, -0.1) is 4.91 Å². The highest BCUT2D eigenvalue weighted by molar-refractivity contribution is 5.38. The van der Waals surface area contributed by atoms with Crippen molar-refractivity contribution in [2.45, 2.75) is 0 Å². The molecule has 0 unspecified atom stereocenters. The number of hydrogen-bond acceptors (Lipinski definition) is 2. The standard InChI is InChI=1S/C6H2F3NO/c7-3-1-2-4(10-11)6(9)5(3)8/h1-2H. The van der Waals surface area contributed by atoms with Crippen molar-refractivity contribution in [1.29, 1.82) is 0 Å². The highest BCUT2D eigenvalue weighted by Gasteiger charge is 2.12. The van der Waals surface area contributed by atoms with E-state index in [2.05, 4.69) is 5.18 Å². The molecule has 0 fully saturated rings. The second-order valence-electron chi connectivity index (χ2n) is 1.79. The molecule has 0 aromatic heterocycles. The van der Waals surface area contributed by atoms with Gasteiger partial charge in [-0.05, 0) is 17.3 Å². The molecule has 1 aromatic rings. The lowest BCUT2D eigenvalue weighted by Crippen LogP contribution is -1.88. The highest BCUT2D eigenvalue weighted by Crippen LogP contribution is 2.21. The molecule has 0 N–H and O–H groups in total. The fourth-order valence-electron chi connectivity index (χ4n) is 0.586. The lowest BCUT2D eigenvalue weighted by Gasteiger charge is -1.94. The number of hydrogen-bond donors (Lipinski definition) is 0. The van der Waals surface area contributed by atoms with Crippen LogP contribution in [0.1, 0.15) is 0 Å². The van der Waals surface area contributed by atoms with E-state index in [1.54, 1.807) is 0 Å². The topological polar surface area (TPSA) is 29.4 Å². The molecular formula is C6H2F3NO. The molecule has 58 valence electrons. The van der Waals surface area contributed by atoms with Crippen molar-refractivity contribution in [3.8, 4) is 0 Å². The molecule has 0 atom stereocenters. The van der Waals surface area contributed by atoms with Crippen molar-refractivity contribution < 1.29 is 13.2 Å². The minimum Gasteiger partial charge on any atom is -0.204 e. The molecular weight excluding hydrogens is 159 g/mol. The highest BCUT2D eigenvalue weighted by atomic mass is 19.2. The van der Waals surface area contributed by atoms with Crippen LogP contribution in [0.25, 0.3) is 0 Å². The Hall–Kier alpha value is -1.39. The summed E-state index contributed by atoms with van der Waals surface area (Å²) < 4.78 is 36.7. The summed E-state index contributed by atoms with van der Waals surface area (Å²) in [5, 5.41) is 2.14. The lowest BCUT2D eigenvalue weighted by molar-refractivity contribution is 0.448. The van der Waals surface area contributed by atoms with Crippen LogP contribution in [0.15, 0.2) is 17.3 Å². The van der Waals surface area contributed by atoms with Gasteiger partial charge in [0.05, 0.1) is 0 Å². The van der Waals surface area contributed by atoms with Gasteiger partial charge in [0, 0.05) is 0 Å². The fraction of sp³-hybridized carbons (Fsp3) is 0. The second-order valence-corrected chi connectivity index (χ2v) is 1.79. The van der Waals surface area contributed by atoms with Crippen LogP contribution in [-0.2, 0) is 0 Å². The normalized spacial score (nSPS) is 9.73. The van der Waals surface area contributed by atoms with Crippen LogP contribution in [0.3, 0.4) is 0 Å². The van der Waals surface area contributed by atoms with Crippen molar-refractivity contribution in [3.63, 3.8) is 0 Å². The Labute approximate surface area is 59.6 Å². The first kappa shape index (κ1) is 7.71. The summed E-state index contributed by atoms with van der Waals surface area (Å²) in [4.78, 5) is 9.71. The van der Waals surface area contributed by atoms with Crippen molar-refractivity contribution >= 4 is 5.69 Å². The molecule has 0 bridgehead atoms. The van der Waals surface area contributed by atoms with Gasteiger partial charge in [-0.25, -0.2) is 13.2 Å². The molecule has 1 rings (SSSR count). The molecule has 1 aromatic carbocycles. The molecule has 0 heterocycles. The third kappa shape index (κ3) is 1.21. The first-order chi connectivity index (χ1) is 5.16. The van der Waals surface area contributed by atoms with Crippen molar-refractivity contribution in [1.82, 2.24) is 0 Å². The van der Waals surface area contributed by atoms with Gasteiger partial charge in [-0.2, -0.15) is 0 Å². The van der Waals surface area contributed by atoms with Crippen LogP contribution >= 0.6 is 0 Å². The van der Waals surface area contributed by atoms with Gasteiger partial charge < -0.3 is 0 Å². The molecule has 0 saturated heterocycles. The van der Waals surface area contributed by atoms with Gasteiger partial charge in [0.1, 0.15) is 5.69 Å². The van der Waals surface area contributed by atoms with E-state index in [4.69, 9.17) is 0 Å². The molecule has 2 nitrogen and oxygen atoms in total. The average molecular weight is 161 g/mol. The first-order valence-electron chi connectivity index (χ1n) is 2.63. The van der Waals surface area contributed by atoms with E-state index in [0.29, 0.717) is 6.07 Å². The maximum Gasteiger partial charge on any atom is 0.196 e. The Bertz CT molecular complexity index is 300. The van der Waals surface area contributed by atoms with E-state index >= 15 is 0 Å². The van der Waals surface area contributed by atoms with Gasteiger partial charge in [0.2, 0.25) is 0 Å². The molecule has 5 heteroatoms. The number of halogens is 3. The van der Waals surface area contributed by atoms with Crippen LogP contribution in [0, 0.1) is 22.4 Å². The lowest BCUT2D eigenvalue weighted by atomic mass is 10.3. The van der Waals surface area contributed by atoms with Crippen molar-refractivity contribution in [2.75, 3.05) is 0 Å². The second kappa shape index (κ2) is 2.69. The van der Waals surface area contributed by atoms with Crippen molar-refractivity contribution in [2.24, 2.45) is 5.18 Å². The van der Waals surface area contributed by atoms with Gasteiger partial charge >= 0.3 is 0 Å². The summed E-state index contributed by atoms with van der Waals surface area (Å²) in [7, 11) is 0. The predicted molar refractivity (Wildman–Crippen MR) is 31.8 cm³/mol. The summed E-state index contributed by atoms with van der Waals surface area (Å²) >= 11 is 0. The Morgan fingerprint density at radius 3 is 2.27 bits per heavy atom. The minimum atomic E-state index is -1.68. The van der Waals surface area contributed by atoms with E-state index in [-0.39, 0.29) is 0 Å². The Kier molecular flexibility index (Phi) is 1.89. The zero-order valence-electron chi connectivity index (χ0n) is 5.14.